The quantitative estimate of drug-likeness (QED) is 0.469. The Bertz CT molecular complexity index is 194. The van der Waals surface area contributed by atoms with Crippen molar-refractivity contribution in [2.75, 3.05) is 33.5 Å². The van der Waals surface area contributed by atoms with E-state index in [1.807, 2.05) is 6.92 Å². The second-order valence-electron chi connectivity index (χ2n) is 3.87. The van der Waals surface area contributed by atoms with Crippen molar-refractivity contribution >= 4 is 5.97 Å². The average molecular weight is 233 g/mol. The first-order valence-corrected chi connectivity index (χ1v) is 5.57. The van der Waals surface area contributed by atoms with Gasteiger partial charge in [0.05, 0.1) is 19.8 Å². The van der Waals surface area contributed by atoms with Crippen LogP contribution in [0.25, 0.3) is 0 Å². The van der Waals surface area contributed by atoms with E-state index in [1.165, 1.54) is 0 Å². The fraction of sp³-hybridized carbons (Fsp3) is 0.909. The van der Waals surface area contributed by atoms with Crippen LogP contribution in [0.4, 0.5) is 0 Å². The second-order valence-corrected chi connectivity index (χ2v) is 3.87. The van der Waals surface area contributed by atoms with Gasteiger partial charge in [0.25, 0.3) is 0 Å². The molecule has 0 amide bonds. The minimum atomic E-state index is -0.878. The zero-order valence-electron chi connectivity index (χ0n) is 10.5. The Morgan fingerprint density at radius 2 is 1.94 bits per heavy atom. The lowest BCUT2D eigenvalue weighted by atomic mass is 10.0. The molecule has 1 atom stereocenters. The Labute approximate surface area is 97.2 Å². The molecule has 0 aliphatic carbocycles. The summed E-state index contributed by atoms with van der Waals surface area (Å²) in [4.78, 5) is 11.4. The number of ether oxygens (including phenoxy) is 3. The molecule has 5 heteroatoms. The molecule has 0 aliphatic rings. The lowest BCUT2D eigenvalue weighted by Crippen LogP contribution is -2.45. The predicted octanol–water partition coefficient (Wildman–Crippen LogP) is 0.710. The van der Waals surface area contributed by atoms with E-state index in [9.17, 15) is 4.79 Å². The molecule has 1 unspecified atom stereocenters. The molecule has 0 bridgehead atoms. The van der Waals surface area contributed by atoms with Gasteiger partial charge in [-0.3, -0.25) is 4.79 Å². The summed E-state index contributed by atoms with van der Waals surface area (Å²) in [5.41, 5.74) is 4.84. The molecule has 16 heavy (non-hydrogen) atoms. The third-order valence-corrected chi connectivity index (χ3v) is 2.30. The molecule has 0 rings (SSSR count). The number of rotatable bonds is 9. The van der Waals surface area contributed by atoms with E-state index < -0.39 is 5.54 Å². The third-order valence-electron chi connectivity index (χ3n) is 2.30. The van der Waals surface area contributed by atoms with E-state index >= 15 is 0 Å². The zero-order chi connectivity index (χ0) is 12.4. The minimum Gasteiger partial charge on any atom is -0.464 e. The molecule has 5 nitrogen and oxygen atoms in total. The maximum atomic E-state index is 11.4. The minimum absolute atomic E-state index is 0.346. The van der Waals surface area contributed by atoms with Gasteiger partial charge < -0.3 is 19.9 Å². The summed E-state index contributed by atoms with van der Waals surface area (Å²) in [7, 11) is 1.62. The van der Waals surface area contributed by atoms with E-state index in [0.717, 1.165) is 0 Å². The predicted molar refractivity (Wildman–Crippen MR) is 61.2 cm³/mol. The van der Waals surface area contributed by atoms with Gasteiger partial charge in [-0.05, 0) is 13.3 Å². The Kier molecular flexibility index (Phi) is 8.15. The number of nitrogens with two attached hydrogens (primary N) is 1. The first-order valence-electron chi connectivity index (χ1n) is 5.57. The first-order chi connectivity index (χ1) is 7.54. The van der Waals surface area contributed by atoms with Gasteiger partial charge in [0.1, 0.15) is 5.54 Å². The third kappa shape index (κ3) is 6.76. The smallest absolute Gasteiger partial charge is 0.325 e. The van der Waals surface area contributed by atoms with Crippen molar-refractivity contribution in [2.45, 2.75) is 32.2 Å². The van der Waals surface area contributed by atoms with Crippen LogP contribution in [-0.4, -0.2) is 45.0 Å². The van der Waals surface area contributed by atoms with Gasteiger partial charge in [-0.15, -0.1) is 0 Å². The summed E-state index contributed by atoms with van der Waals surface area (Å²) in [5, 5.41) is 0. The molecule has 0 aromatic heterocycles. The van der Waals surface area contributed by atoms with Crippen molar-refractivity contribution in [1.29, 1.82) is 0 Å². The van der Waals surface area contributed by atoms with Crippen LogP contribution in [0.1, 0.15) is 26.7 Å². The molecule has 2 N–H and O–H groups in total. The van der Waals surface area contributed by atoms with Crippen molar-refractivity contribution in [3.05, 3.63) is 0 Å². The summed E-state index contributed by atoms with van der Waals surface area (Å²) >= 11 is 0. The van der Waals surface area contributed by atoms with Crippen LogP contribution < -0.4 is 5.73 Å². The lowest BCUT2D eigenvalue weighted by Gasteiger charge is -2.20. The van der Waals surface area contributed by atoms with Crippen molar-refractivity contribution in [3.8, 4) is 0 Å². The monoisotopic (exact) mass is 233 g/mol. The van der Waals surface area contributed by atoms with Gasteiger partial charge in [0.15, 0.2) is 0 Å². The largest absolute Gasteiger partial charge is 0.464 e. The van der Waals surface area contributed by atoms with E-state index in [4.69, 9.17) is 19.9 Å². The van der Waals surface area contributed by atoms with Gasteiger partial charge in [-0.1, -0.05) is 6.92 Å². The maximum Gasteiger partial charge on any atom is 0.325 e. The fourth-order valence-corrected chi connectivity index (χ4v) is 0.879. The van der Waals surface area contributed by atoms with Crippen LogP contribution in [0.5, 0.6) is 0 Å². The standard InChI is InChI=1S/C11H23NO4/c1-4-11(2,12)10(13)16-7-5-6-15-9-8-14-3/h4-9,12H2,1-3H3. The molecule has 0 saturated heterocycles. The van der Waals surface area contributed by atoms with E-state index in [2.05, 4.69) is 0 Å². The highest BCUT2D eigenvalue weighted by molar-refractivity contribution is 5.79. The number of carbonyl (C=O) groups excluding carboxylic acids is 1. The summed E-state index contributed by atoms with van der Waals surface area (Å²) in [6.45, 7) is 5.58. The Hall–Kier alpha value is -0.650. The van der Waals surface area contributed by atoms with Gasteiger partial charge in [-0.2, -0.15) is 0 Å². The van der Waals surface area contributed by atoms with Crippen LogP contribution in [0.15, 0.2) is 0 Å². The molecule has 0 saturated carbocycles. The van der Waals surface area contributed by atoms with Gasteiger partial charge >= 0.3 is 5.97 Å². The molecule has 0 fully saturated rings. The van der Waals surface area contributed by atoms with Crippen molar-refractivity contribution < 1.29 is 19.0 Å². The molecule has 0 spiro atoms. The highest BCUT2D eigenvalue weighted by atomic mass is 16.5. The van der Waals surface area contributed by atoms with Gasteiger partial charge in [0, 0.05) is 20.1 Å². The Morgan fingerprint density at radius 1 is 1.25 bits per heavy atom. The Balaban J connectivity index is 3.42. The average Bonchev–Trinajstić information content (AvgIpc) is 2.27. The Morgan fingerprint density at radius 3 is 2.50 bits per heavy atom. The molecule has 96 valence electrons. The second kappa shape index (κ2) is 8.50. The number of hydrogen-bond acceptors (Lipinski definition) is 5. The SMILES string of the molecule is CCC(C)(N)C(=O)OCCCOCCOC. The zero-order valence-corrected chi connectivity index (χ0v) is 10.5. The molecule has 0 aliphatic heterocycles. The summed E-state index contributed by atoms with van der Waals surface area (Å²) in [6.07, 6.45) is 1.24. The highest BCUT2D eigenvalue weighted by Gasteiger charge is 2.27. The number of carbonyl (C=O) groups is 1. The number of hydrogen-bond donors (Lipinski definition) is 1. The number of methoxy groups -OCH3 is 1. The molecule has 0 heterocycles. The summed E-state index contributed by atoms with van der Waals surface area (Å²) in [6, 6.07) is 0. The van der Waals surface area contributed by atoms with Crippen LogP contribution >= 0.6 is 0 Å². The van der Waals surface area contributed by atoms with Crippen LogP contribution in [0, 0.1) is 0 Å². The normalized spacial score (nSPS) is 14.5. The van der Waals surface area contributed by atoms with Crippen molar-refractivity contribution in [1.82, 2.24) is 0 Å². The van der Waals surface area contributed by atoms with Crippen molar-refractivity contribution in [3.63, 3.8) is 0 Å². The lowest BCUT2D eigenvalue weighted by molar-refractivity contribution is -0.150. The maximum absolute atomic E-state index is 11.4. The van der Waals surface area contributed by atoms with Crippen LogP contribution in [-0.2, 0) is 19.0 Å². The first kappa shape index (κ1) is 15.3. The molecule has 0 radical (unpaired) electrons. The topological polar surface area (TPSA) is 70.8 Å². The van der Waals surface area contributed by atoms with Crippen LogP contribution in [0.3, 0.4) is 0 Å². The van der Waals surface area contributed by atoms with Gasteiger partial charge in [0.2, 0.25) is 0 Å². The highest BCUT2D eigenvalue weighted by Crippen LogP contribution is 2.07. The van der Waals surface area contributed by atoms with E-state index in [0.29, 0.717) is 39.3 Å². The van der Waals surface area contributed by atoms with E-state index in [1.54, 1.807) is 14.0 Å². The van der Waals surface area contributed by atoms with Crippen LogP contribution in [0.2, 0.25) is 0 Å². The molecule has 0 aromatic rings. The molecule has 0 aromatic carbocycles. The summed E-state index contributed by atoms with van der Waals surface area (Å²) < 4.78 is 15.1. The van der Waals surface area contributed by atoms with Crippen molar-refractivity contribution in [2.24, 2.45) is 5.73 Å². The van der Waals surface area contributed by atoms with Gasteiger partial charge in [-0.25, -0.2) is 0 Å². The molecular formula is C11H23NO4. The number of esters is 1. The van der Waals surface area contributed by atoms with E-state index in [-0.39, 0.29) is 5.97 Å². The molecular weight excluding hydrogens is 210 g/mol. The fourth-order valence-electron chi connectivity index (χ4n) is 0.879. The summed E-state index contributed by atoms with van der Waals surface area (Å²) in [5.74, 6) is -0.355.